The maximum Gasteiger partial charge on any atom is 0.573 e. The zero-order valence-electron chi connectivity index (χ0n) is 9.08. The second-order valence-corrected chi connectivity index (χ2v) is 4.22. The summed E-state index contributed by atoms with van der Waals surface area (Å²) in [5.74, 6) is -1.40. The van der Waals surface area contributed by atoms with Crippen molar-refractivity contribution in [2.45, 2.75) is 13.3 Å². The Hall–Kier alpha value is -1.56. The van der Waals surface area contributed by atoms with Gasteiger partial charge >= 0.3 is 6.36 Å². The van der Waals surface area contributed by atoms with Gasteiger partial charge in [0, 0.05) is 22.9 Å². The third kappa shape index (κ3) is 2.48. The number of ketones is 1. The minimum Gasteiger partial charge on any atom is -0.403 e. The van der Waals surface area contributed by atoms with Crippen LogP contribution in [0.1, 0.15) is 17.3 Å². The van der Waals surface area contributed by atoms with E-state index in [1.165, 1.54) is 12.3 Å². The average molecular weight is 278 g/mol. The summed E-state index contributed by atoms with van der Waals surface area (Å²) in [7, 11) is 0. The minimum atomic E-state index is -4.86. The fourth-order valence-electron chi connectivity index (χ4n) is 1.60. The molecule has 1 atom stereocenters. The largest absolute Gasteiger partial charge is 0.573 e. The predicted octanol–water partition coefficient (Wildman–Crippen LogP) is 3.77. The van der Waals surface area contributed by atoms with E-state index in [2.05, 4.69) is 9.73 Å². The Morgan fingerprint density at radius 1 is 1.39 bits per heavy atom. The molecule has 1 aromatic rings. The number of carbonyl (C=O) groups is 1. The maximum atomic E-state index is 12.2. The van der Waals surface area contributed by atoms with Crippen molar-refractivity contribution in [3.05, 3.63) is 22.7 Å². The molecule has 0 saturated heterocycles. The Bertz CT molecular complexity index is 540. The summed E-state index contributed by atoms with van der Waals surface area (Å²) in [5.41, 5.74) is -0.100. The van der Waals surface area contributed by atoms with E-state index in [1.54, 1.807) is 6.92 Å². The van der Waals surface area contributed by atoms with Gasteiger partial charge in [0.15, 0.2) is 11.5 Å². The highest BCUT2D eigenvalue weighted by atomic mass is 35.5. The number of hydrogen-bond donors (Lipinski definition) is 0. The molecule has 0 aliphatic carbocycles. The predicted molar refractivity (Wildman–Crippen MR) is 59.8 cm³/mol. The second kappa shape index (κ2) is 4.28. The number of benzene rings is 1. The maximum absolute atomic E-state index is 12.2. The monoisotopic (exact) mass is 277 g/mol. The van der Waals surface area contributed by atoms with Crippen LogP contribution in [0, 0.1) is 5.92 Å². The smallest absolute Gasteiger partial charge is 0.403 e. The lowest BCUT2D eigenvalue weighted by molar-refractivity contribution is -0.274. The molecular formula is C11H7ClF3NO2. The fraction of sp³-hybridized carbons (Fsp3) is 0.273. The molecule has 0 amide bonds. The van der Waals surface area contributed by atoms with E-state index >= 15 is 0 Å². The van der Waals surface area contributed by atoms with Crippen LogP contribution in [0.4, 0.5) is 18.9 Å². The Morgan fingerprint density at radius 2 is 2.06 bits per heavy atom. The van der Waals surface area contributed by atoms with Crippen LogP contribution in [-0.4, -0.2) is 18.4 Å². The van der Waals surface area contributed by atoms with E-state index in [0.29, 0.717) is 0 Å². The van der Waals surface area contributed by atoms with Gasteiger partial charge in [-0.15, -0.1) is 13.2 Å². The molecule has 0 spiro atoms. The molecule has 96 valence electrons. The quantitative estimate of drug-likeness (QED) is 0.784. The van der Waals surface area contributed by atoms with Crippen molar-refractivity contribution in [2.24, 2.45) is 10.9 Å². The van der Waals surface area contributed by atoms with Crippen LogP contribution < -0.4 is 4.74 Å². The standard InChI is InChI=1S/C11H7ClF3NO2/c1-5-4-16-9-7(10(5)17)2-6(12)3-8(9)18-11(13,14)15/h2-5H,1H3. The van der Waals surface area contributed by atoms with Crippen molar-refractivity contribution in [3.8, 4) is 5.75 Å². The second-order valence-electron chi connectivity index (χ2n) is 3.78. The van der Waals surface area contributed by atoms with Crippen LogP contribution in [-0.2, 0) is 0 Å². The number of carbonyl (C=O) groups excluding carboxylic acids is 1. The number of nitrogens with zero attached hydrogens (tertiary/aromatic N) is 1. The zero-order valence-corrected chi connectivity index (χ0v) is 9.84. The summed E-state index contributed by atoms with van der Waals surface area (Å²) in [5, 5.41) is -0.00866. The number of alkyl halides is 3. The van der Waals surface area contributed by atoms with E-state index in [0.717, 1.165) is 6.07 Å². The SMILES string of the molecule is CC1C=Nc2c(OC(F)(F)F)cc(Cl)cc2C1=O. The molecule has 0 bridgehead atoms. The molecule has 0 aromatic heterocycles. The first-order chi connectivity index (χ1) is 8.28. The Kier molecular flexibility index (Phi) is 3.06. The van der Waals surface area contributed by atoms with E-state index in [-0.39, 0.29) is 22.1 Å². The molecule has 2 rings (SSSR count). The molecule has 3 nitrogen and oxygen atoms in total. The minimum absolute atomic E-state index is 0.00866. The van der Waals surface area contributed by atoms with Crippen LogP contribution in [0.2, 0.25) is 5.02 Å². The fourth-order valence-corrected chi connectivity index (χ4v) is 1.81. The zero-order chi connectivity index (χ0) is 13.5. The Labute approximate surface area is 105 Å². The molecule has 0 fully saturated rings. The average Bonchev–Trinajstić information content (AvgIpc) is 2.21. The highest BCUT2D eigenvalue weighted by molar-refractivity contribution is 6.31. The molecule has 1 aromatic carbocycles. The molecule has 18 heavy (non-hydrogen) atoms. The molecular weight excluding hydrogens is 271 g/mol. The van der Waals surface area contributed by atoms with E-state index in [1.807, 2.05) is 0 Å². The van der Waals surface area contributed by atoms with Crippen molar-refractivity contribution in [2.75, 3.05) is 0 Å². The van der Waals surface area contributed by atoms with Crippen LogP contribution in [0.3, 0.4) is 0 Å². The number of rotatable bonds is 1. The van der Waals surface area contributed by atoms with Crippen molar-refractivity contribution in [1.29, 1.82) is 0 Å². The van der Waals surface area contributed by atoms with Gasteiger partial charge in [0.25, 0.3) is 0 Å². The molecule has 7 heteroatoms. The van der Waals surface area contributed by atoms with E-state index in [9.17, 15) is 18.0 Å². The van der Waals surface area contributed by atoms with Gasteiger partial charge in [-0.3, -0.25) is 9.79 Å². The highest BCUT2D eigenvalue weighted by Crippen LogP contribution is 2.40. The van der Waals surface area contributed by atoms with E-state index < -0.39 is 18.0 Å². The molecule has 0 saturated carbocycles. The van der Waals surface area contributed by atoms with Gasteiger partial charge in [-0.2, -0.15) is 0 Å². The van der Waals surface area contributed by atoms with Crippen LogP contribution in [0.5, 0.6) is 5.75 Å². The van der Waals surface area contributed by atoms with Crippen molar-refractivity contribution in [1.82, 2.24) is 0 Å². The van der Waals surface area contributed by atoms with Gasteiger partial charge in [0.05, 0.1) is 5.92 Å². The first kappa shape index (κ1) is 12.9. The highest BCUT2D eigenvalue weighted by Gasteiger charge is 2.34. The third-order valence-corrected chi connectivity index (χ3v) is 2.59. The van der Waals surface area contributed by atoms with E-state index in [4.69, 9.17) is 11.6 Å². The number of aliphatic imine (C=N–C) groups is 1. The number of Topliss-reactive ketones (excluding diaryl/α,β-unsaturated/α-hetero) is 1. The van der Waals surface area contributed by atoms with Gasteiger partial charge in [0.1, 0.15) is 5.69 Å². The summed E-state index contributed by atoms with van der Waals surface area (Å²) >= 11 is 5.67. The molecule has 0 radical (unpaired) electrons. The summed E-state index contributed by atoms with van der Waals surface area (Å²) in [6.07, 6.45) is -3.58. The summed E-state index contributed by atoms with van der Waals surface area (Å²) in [6, 6.07) is 2.27. The van der Waals surface area contributed by atoms with Crippen molar-refractivity contribution in [3.63, 3.8) is 0 Å². The first-order valence-corrected chi connectivity index (χ1v) is 5.33. The summed E-state index contributed by atoms with van der Waals surface area (Å²) in [4.78, 5) is 15.6. The van der Waals surface area contributed by atoms with Crippen molar-refractivity contribution < 1.29 is 22.7 Å². The van der Waals surface area contributed by atoms with Crippen LogP contribution in [0.15, 0.2) is 17.1 Å². The molecule has 0 N–H and O–H groups in total. The number of hydrogen-bond acceptors (Lipinski definition) is 3. The molecule has 1 unspecified atom stereocenters. The molecule has 1 aliphatic rings. The van der Waals surface area contributed by atoms with Gasteiger partial charge in [-0.1, -0.05) is 18.5 Å². The number of fused-ring (bicyclic) bond motifs is 1. The number of ether oxygens (including phenoxy) is 1. The lowest BCUT2D eigenvalue weighted by atomic mass is 9.96. The van der Waals surface area contributed by atoms with Crippen LogP contribution in [0.25, 0.3) is 0 Å². The topological polar surface area (TPSA) is 38.7 Å². The van der Waals surface area contributed by atoms with Gasteiger partial charge in [0.2, 0.25) is 0 Å². The first-order valence-electron chi connectivity index (χ1n) is 4.95. The lowest BCUT2D eigenvalue weighted by Gasteiger charge is -2.18. The van der Waals surface area contributed by atoms with Gasteiger partial charge in [-0.25, -0.2) is 0 Å². The normalized spacial score (nSPS) is 18.7. The molecule has 1 heterocycles. The van der Waals surface area contributed by atoms with Crippen LogP contribution >= 0.6 is 11.6 Å². The summed E-state index contributed by atoms with van der Waals surface area (Å²) < 4.78 is 40.5. The van der Waals surface area contributed by atoms with Gasteiger partial charge < -0.3 is 4.74 Å². The third-order valence-electron chi connectivity index (χ3n) is 2.37. The Morgan fingerprint density at radius 3 is 2.67 bits per heavy atom. The lowest BCUT2D eigenvalue weighted by Crippen LogP contribution is -2.20. The number of halogens is 4. The van der Waals surface area contributed by atoms with Crippen molar-refractivity contribution >= 4 is 29.3 Å². The summed E-state index contributed by atoms with van der Waals surface area (Å²) in [6.45, 7) is 1.60. The van der Waals surface area contributed by atoms with Gasteiger partial charge in [-0.05, 0) is 6.07 Å². The Balaban J connectivity index is 2.55. The molecule has 1 aliphatic heterocycles.